The summed E-state index contributed by atoms with van der Waals surface area (Å²) in [4.78, 5) is 17.3. The van der Waals surface area contributed by atoms with Crippen molar-refractivity contribution in [3.05, 3.63) is 98.1 Å². The fourth-order valence-electron chi connectivity index (χ4n) is 2.95. The Kier molecular flexibility index (Phi) is 6.84. The molecule has 8 heteroatoms. The van der Waals surface area contributed by atoms with Crippen LogP contribution in [-0.4, -0.2) is 11.1 Å². The van der Waals surface area contributed by atoms with E-state index in [1.165, 1.54) is 23.9 Å². The SMILES string of the molecule is Cc1ccc(N=C2NC(=O)/C(=C/c3cc(Cl)c(OCc4cccc(F)c4)c(Cl)c3)S2)cc1. The van der Waals surface area contributed by atoms with Crippen molar-refractivity contribution in [2.75, 3.05) is 0 Å². The average molecular weight is 487 g/mol. The zero-order valence-electron chi connectivity index (χ0n) is 16.9. The molecule has 0 radical (unpaired) electrons. The first-order chi connectivity index (χ1) is 15.4. The molecule has 0 saturated carbocycles. The molecule has 0 unspecified atom stereocenters. The molecule has 1 heterocycles. The predicted octanol–water partition coefficient (Wildman–Crippen LogP) is 6.91. The van der Waals surface area contributed by atoms with E-state index in [0.717, 1.165) is 11.3 Å². The van der Waals surface area contributed by atoms with Gasteiger partial charge in [0.05, 0.1) is 20.6 Å². The first-order valence-corrected chi connectivity index (χ1v) is 11.2. The van der Waals surface area contributed by atoms with Crippen molar-refractivity contribution in [2.45, 2.75) is 13.5 Å². The number of nitrogens with one attached hydrogen (secondary N) is 1. The summed E-state index contributed by atoms with van der Waals surface area (Å²) >= 11 is 14.0. The second kappa shape index (κ2) is 9.77. The van der Waals surface area contributed by atoms with Gasteiger partial charge in [-0.25, -0.2) is 9.38 Å². The summed E-state index contributed by atoms with van der Waals surface area (Å²) in [5, 5.41) is 3.83. The molecule has 0 spiro atoms. The number of hydrogen-bond donors (Lipinski definition) is 1. The standard InChI is InChI=1S/C24H17Cl2FN2O2S/c1-14-5-7-18(8-6-14)28-24-29-23(30)21(32-24)12-16-10-19(25)22(20(26)11-16)31-13-15-3-2-4-17(27)9-15/h2-12H,13H2,1H3,(H,28,29,30)/b21-12-. The molecule has 3 aromatic rings. The van der Waals surface area contributed by atoms with E-state index in [9.17, 15) is 9.18 Å². The van der Waals surface area contributed by atoms with Gasteiger partial charge in [0.1, 0.15) is 12.4 Å². The van der Waals surface area contributed by atoms with Crippen LogP contribution >= 0.6 is 35.0 Å². The van der Waals surface area contributed by atoms with E-state index in [1.54, 1.807) is 30.3 Å². The van der Waals surface area contributed by atoms with Crippen LogP contribution in [0.2, 0.25) is 10.0 Å². The molecule has 0 atom stereocenters. The van der Waals surface area contributed by atoms with Crippen LogP contribution in [0, 0.1) is 12.7 Å². The molecule has 32 heavy (non-hydrogen) atoms. The zero-order chi connectivity index (χ0) is 22.7. The van der Waals surface area contributed by atoms with Crippen LogP contribution in [0.15, 0.2) is 70.6 Å². The Hall–Kier alpha value is -2.80. The monoisotopic (exact) mass is 486 g/mol. The lowest BCUT2D eigenvalue weighted by Gasteiger charge is -2.11. The highest BCUT2D eigenvalue weighted by molar-refractivity contribution is 8.18. The minimum Gasteiger partial charge on any atom is -0.486 e. The van der Waals surface area contributed by atoms with E-state index in [2.05, 4.69) is 10.3 Å². The normalized spacial score (nSPS) is 15.9. The predicted molar refractivity (Wildman–Crippen MR) is 129 cm³/mol. The lowest BCUT2D eigenvalue weighted by molar-refractivity contribution is -0.115. The fraction of sp³-hybridized carbons (Fsp3) is 0.0833. The molecule has 4 rings (SSSR count). The number of ether oxygens (including phenoxy) is 1. The summed E-state index contributed by atoms with van der Waals surface area (Å²) in [6, 6.07) is 17.1. The van der Waals surface area contributed by atoms with Crippen LogP contribution in [0.25, 0.3) is 6.08 Å². The van der Waals surface area contributed by atoms with Gasteiger partial charge in [-0.1, -0.05) is 53.0 Å². The second-order valence-corrected chi connectivity index (χ2v) is 8.89. The van der Waals surface area contributed by atoms with E-state index in [0.29, 0.717) is 26.9 Å². The first-order valence-electron chi connectivity index (χ1n) is 9.60. The molecule has 1 N–H and O–H groups in total. The molecule has 0 bridgehead atoms. The molecule has 4 nitrogen and oxygen atoms in total. The Morgan fingerprint density at radius 2 is 1.81 bits per heavy atom. The van der Waals surface area contributed by atoms with Gasteiger partial charge in [-0.15, -0.1) is 0 Å². The topological polar surface area (TPSA) is 50.7 Å². The van der Waals surface area contributed by atoms with Gasteiger partial charge in [0, 0.05) is 0 Å². The highest BCUT2D eigenvalue weighted by Gasteiger charge is 2.24. The summed E-state index contributed by atoms with van der Waals surface area (Å²) < 4.78 is 19.0. The van der Waals surface area contributed by atoms with Crippen LogP contribution < -0.4 is 10.1 Å². The second-order valence-electron chi connectivity index (χ2n) is 7.05. The smallest absolute Gasteiger partial charge is 0.264 e. The molecule has 1 fully saturated rings. The lowest BCUT2D eigenvalue weighted by Crippen LogP contribution is -2.19. The van der Waals surface area contributed by atoms with E-state index >= 15 is 0 Å². The number of amides is 1. The van der Waals surface area contributed by atoms with Crippen molar-refractivity contribution in [3.63, 3.8) is 0 Å². The average Bonchev–Trinajstić information content (AvgIpc) is 3.08. The number of carbonyl (C=O) groups is 1. The van der Waals surface area contributed by atoms with Crippen molar-refractivity contribution in [1.82, 2.24) is 5.32 Å². The molecule has 162 valence electrons. The van der Waals surface area contributed by atoms with Crippen LogP contribution in [-0.2, 0) is 11.4 Å². The molecule has 1 amide bonds. The molecule has 1 saturated heterocycles. The lowest BCUT2D eigenvalue weighted by atomic mass is 10.2. The third kappa shape index (κ3) is 5.51. The van der Waals surface area contributed by atoms with Crippen LogP contribution in [0.1, 0.15) is 16.7 Å². The molecule has 0 aliphatic carbocycles. The van der Waals surface area contributed by atoms with Crippen molar-refractivity contribution in [2.24, 2.45) is 4.99 Å². The number of hydrogen-bond acceptors (Lipinski definition) is 4. The van der Waals surface area contributed by atoms with Crippen LogP contribution in [0.3, 0.4) is 0 Å². The number of nitrogens with zero attached hydrogens (tertiary/aromatic N) is 1. The summed E-state index contributed by atoms with van der Waals surface area (Å²) in [5.74, 6) is -0.299. The maximum absolute atomic E-state index is 13.3. The van der Waals surface area contributed by atoms with Gasteiger partial charge in [0.15, 0.2) is 10.9 Å². The number of benzene rings is 3. The minimum absolute atomic E-state index is 0.120. The summed E-state index contributed by atoms with van der Waals surface area (Å²) in [7, 11) is 0. The van der Waals surface area contributed by atoms with Gasteiger partial charge in [0.2, 0.25) is 0 Å². The Morgan fingerprint density at radius 1 is 1.09 bits per heavy atom. The van der Waals surface area contributed by atoms with Gasteiger partial charge in [-0.3, -0.25) is 4.79 Å². The number of aryl methyl sites for hydroxylation is 1. The highest BCUT2D eigenvalue weighted by atomic mass is 35.5. The summed E-state index contributed by atoms with van der Waals surface area (Å²) in [6.45, 7) is 2.12. The first kappa shape index (κ1) is 22.4. The van der Waals surface area contributed by atoms with E-state index in [1.807, 2.05) is 31.2 Å². The van der Waals surface area contributed by atoms with E-state index in [-0.39, 0.29) is 28.4 Å². The highest BCUT2D eigenvalue weighted by Crippen LogP contribution is 2.37. The van der Waals surface area contributed by atoms with Crippen LogP contribution in [0.5, 0.6) is 5.75 Å². The number of rotatable bonds is 5. The van der Waals surface area contributed by atoms with Gasteiger partial charge in [0.25, 0.3) is 5.91 Å². The van der Waals surface area contributed by atoms with Gasteiger partial charge in [-0.2, -0.15) is 0 Å². The Balaban J connectivity index is 1.50. The number of carbonyl (C=O) groups excluding carboxylic acids is 1. The number of aliphatic imine (C=N–C) groups is 1. The zero-order valence-corrected chi connectivity index (χ0v) is 19.2. The van der Waals surface area contributed by atoms with Crippen molar-refractivity contribution in [3.8, 4) is 5.75 Å². The largest absolute Gasteiger partial charge is 0.486 e. The van der Waals surface area contributed by atoms with Crippen molar-refractivity contribution < 1.29 is 13.9 Å². The minimum atomic E-state index is -0.345. The van der Waals surface area contributed by atoms with Gasteiger partial charge in [-0.05, 0) is 72.3 Å². The summed E-state index contributed by atoms with van der Waals surface area (Å²) in [6.07, 6.45) is 1.69. The van der Waals surface area contributed by atoms with Crippen LogP contribution in [0.4, 0.5) is 10.1 Å². The summed E-state index contributed by atoms with van der Waals surface area (Å²) in [5.41, 5.74) is 3.19. The number of thioether (sulfide) groups is 1. The Bertz CT molecular complexity index is 1220. The van der Waals surface area contributed by atoms with E-state index < -0.39 is 0 Å². The van der Waals surface area contributed by atoms with Gasteiger partial charge < -0.3 is 10.1 Å². The number of halogens is 3. The molecule has 1 aliphatic heterocycles. The van der Waals surface area contributed by atoms with Crippen molar-refractivity contribution >= 4 is 57.8 Å². The third-order valence-corrected chi connectivity index (χ3v) is 5.98. The maximum atomic E-state index is 13.3. The quantitative estimate of drug-likeness (QED) is 0.398. The van der Waals surface area contributed by atoms with E-state index in [4.69, 9.17) is 27.9 Å². The molecule has 0 aromatic heterocycles. The molecule has 3 aromatic carbocycles. The van der Waals surface area contributed by atoms with Crippen molar-refractivity contribution in [1.29, 1.82) is 0 Å². The third-order valence-electron chi connectivity index (χ3n) is 4.51. The molecular weight excluding hydrogens is 470 g/mol. The van der Waals surface area contributed by atoms with Gasteiger partial charge >= 0.3 is 0 Å². The molecular formula is C24H17Cl2FN2O2S. The number of amidine groups is 1. The molecule has 1 aliphatic rings. The maximum Gasteiger partial charge on any atom is 0.264 e. The fourth-order valence-corrected chi connectivity index (χ4v) is 4.41. The Labute approximate surface area is 199 Å². The Morgan fingerprint density at radius 3 is 2.50 bits per heavy atom.